The number of carbonyl (C=O) groups is 2. The Balaban J connectivity index is 0.000000148. The van der Waals surface area contributed by atoms with Gasteiger partial charge in [-0.15, -0.1) is 25.7 Å². The van der Waals surface area contributed by atoms with E-state index in [0.717, 1.165) is 60.8 Å². The van der Waals surface area contributed by atoms with E-state index in [2.05, 4.69) is 23.7 Å². The Morgan fingerprint density at radius 3 is 0.972 bits per heavy atom. The summed E-state index contributed by atoms with van der Waals surface area (Å²) in [7, 11) is 0. The summed E-state index contributed by atoms with van der Waals surface area (Å²) >= 11 is 0. The summed E-state index contributed by atoms with van der Waals surface area (Å²) in [6.07, 6.45) is 38.7. The highest BCUT2D eigenvalue weighted by Gasteiger charge is 2.67. The van der Waals surface area contributed by atoms with Crippen molar-refractivity contribution in [2.24, 2.45) is 21.7 Å². The van der Waals surface area contributed by atoms with Crippen LogP contribution in [-0.2, 0) is 9.59 Å². The first-order chi connectivity index (χ1) is 17.2. The van der Waals surface area contributed by atoms with Crippen molar-refractivity contribution in [2.45, 2.75) is 38.5 Å². The Hall–Kier alpha value is -4.24. The van der Waals surface area contributed by atoms with Crippen molar-refractivity contribution in [2.75, 3.05) is 0 Å². The summed E-state index contributed by atoms with van der Waals surface area (Å²) in [5.74, 6) is 12.1. The van der Waals surface area contributed by atoms with Gasteiger partial charge in [-0.25, -0.2) is 0 Å². The molecule has 1 aromatic carbocycles. The molecule has 0 saturated heterocycles. The molecule has 0 unspecified atom stereocenters. The molecule has 0 aliphatic heterocycles. The van der Waals surface area contributed by atoms with Crippen molar-refractivity contribution in [1.29, 1.82) is 0 Å². The van der Waals surface area contributed by atoms with Gasteiger partial charge in [0, 0.05) is 21.7 Å². The lowest BCUT2D eigenvalue weighted by Crippen LogP contribution is -2.59. The van der Waals surface area contributed by atoms with E-state index in [0.29, 0.717) is 0 Å². The number of hydrogen-bond acceptors (Lipinski definition) is 2. The topological polar surface area (TPSA) is 34.1 Å². The number of carbonyl (C=O) groups excluding carboxylic acids is 2. The van der Waals surface area contributed by atoms with Gasteiger partial charge in [-0.1, -0.05) is 60.1 Å². The second-order valence-corrected chi connectivity index (χ2v) is 11.0. The maximum Gasteiger partial charge on any atom is 0.179 e. The van der Waals surface area contributed by atoms with Crippen LogP contribution in [0.1, 0.15) is 49.7 Å². The van der Waals surface area contributed by atoms with Gasteiger partial charge < -0.3 is 0 Å². The van der Waals surface area contributed by atoms with E-state index in [1.54, 1.807) is 24.3 Å². The quantitative estimate of drug-likeness (QED) is 0.534. The van der Waals surface area contributed by atoms with Gasteiger partial charge in [0.1, 0.15) is 0 Å². The molecule has 4 saturated carbocycles. The van der Waals surface area contributed by atoms with Crippen LogP contribution in [0.15, 0.2) is 60.7 Å². The smallest absolute Gasteiger partial charge is 0.179 e. The lowest BCUT2D eigenvalue weighted by molar-refractivity contribution is -0.113. The third-order valence-electron chi connectivity index (χ3n) is 8.29. The Labute approximate surface area is 213 Å². The van der Waals surface area contributed by atoms with E-state index in [1.807, 2.05) is 36.4 Å². The van der Waals surface area contributed by atoms with Crippen LogP contribution in [0.2, 0.25) is 0 Å². The van der Waals surface area contributed by atoms with Crippen molar-refractivity contribution in [3.63, 3.8) is 0 Å². The van der Waals surface area contributed by atoms with Crippen molar-refractivity contribution in [1.82, 2.24) is 0 Å². The SMILES string of the molecule is C#CC12CC3(C#C)CC(C#C)(C1)CC(C#C)(C2)C3.O=C1C=CC(c2ccc(C3=CC(=O)C=C3)cc2)=C1. The van der Waals surface area contributed by atoms with E-state index in [-0.39, 0.29) is 33.2 Å². The molecule has 0 heterocycles. The highest BCUT2D eigenvalue weighted by atomic mass is 16.1. The molecule has 0 radical (unpaired) electrons. The molecular formula is C34H26O2. The maximum absolute atomic E-state index is 11.1. The van der Waals surface area contributed by atoms with Gasteiger partial charge in [-0.3, -0.25) is 9.59 Å². The fraction of sp³-hybridized carbons (Fsp3) is 0.294. The number of terminal acetylenes is 4. The van der Waals surface area contributed by atoms with Gasteiger partial charge in [0.05, 0.1) is 0 Å². The highest BCUT2D eigenvalue weighted by Crippen LogP contribution is 2.73. The van der Waals surface area contributed by atoms with Gasteiger partial charge in [0.2, 0.25) is 0 Å². The summed E-state index contributed by atoms with van der Waals surface area (Å²) in [6, 6.07) is 7.84. The molecule has 2 heteroatoms. The maximum atomic E-state index is 11.1. The van der Waals surface area contributed by atoms with Crippen molar-refractivity contribution < 1.29 is 9.59 Å². The molecule has 6 aliphatic rings. The standard InChI is InChI=1S/C18H16.C16H10O2/c1-5-15-9-16(6-2)12-17(7-3,10-15)14-18(8-4,11-15)13-16;17-15-7-5-13(9-15)11-1-2-12(4-3-11)14-6-8-16(18)10-14/h1-4H,9-14H2;1-10H. The van der Waals surface area contributed by atoms with Crippen LogP contribution < -0.4 is 0 Å². The Bertz CT molecular complexity index is 1260. The lowest BCUT2D eigenvalue weighted by Gasteiger charge is -2.65. The molecule has 6 aliphatic carbocycles. The number of allylic oxidation sites excluding steroid dienone is 8. The molecule has 0 aromatic heterocycles. The summed E-state index contributed by atoms with van der Waals surface area (Å²) in [5.41, 5.74) is 3.21. The van der Waals surface area contributed by atoms with Crippen molar-refractivity contribution in [3.8, 4) is 49.4 Å². The summed E-state index contributed by atoms with van der Waals surface area (Å²) < 4.78 is 0. The van der Waals surface area contributed by atoms with E-state index in [1.165, 1.54) is 0 Å². The predicted molar refractivity (Wildman–Crippen MR) is 143 cm³/mol. The normalized spacial score (nSPS) is 34.6. The number of hydrogen-bond donors (Lipinski definition) is 0. The van der Waals surface area contributed by atoms with Gasteiger partial charge in [-0.05, 0) is 85.1 Å². The second-order valence-electron chi connectivity index (χ2n) is 11.0. The molecule has 7 rings (SSSR count). The van der Waals surface area contributed by atoms with Crippen LogP contribution in [0, 0.1) is 71.0 Å². The van der Waals surface area contributed by atoms with Crippen LogP contribution in [-0.4, -0.2) is 11.6 Å². The molecule has 0 spiro atoms. The van der Waals surface area contributed by atoms with E-state index in [4.69, 9.17) is 25.7 Å². The third kappa shape index (κ3) is 3.87. The summed E-state index contributed by atoms with van der Waals surface area (Å²) in [5, 5.41) is 0. The number of benzene rings is 1. The molecule has 1 aromatic rings. The van der Waals surface area contributed by atoms with E-state index < -0.39 is 0 Å². The van der Waals surface area contributed by atoms with E-state index >= 15 is 0 Å². The molecule has 2 nitrogen and oxygen atoms in total. The van der Waals surface area contributed by atoms with Crippen molar-refractivity contribution in [3.05, 3.63) is 71.8 Å². The average Bonchev–Trinajstić information content (AvgIpc) is 3.52. The fourth-order valence-corrected chi connectivity index (χ4v) is 7.31. The fourth-order valence-electron chi connectivity index (χ4n) is 7.31. The molecule has 36 heavy (non-hydrogen) atoms. The zero-order valence-electron chi connectivity index (χ0n) is 20.1. The van der Waals surface area contributed by atoms with Gasteiger partial charge in [-0.2, -0.15) is 0 Å². The summed E-state index contributed by atoms with van der Waals surface area (Å²) in [6.45, 7) is 0. The lowest BCUT2D eigenvalue weighted by atomic mass is 9.36. The van der Waals surface area contributed by atoms with Gasteiger partial charge >= 0.3 is 0 Å². The van der Waals surface area contributed by atoms with Gasteiger partial charge in [0.25, 0.3) is 0 Å². The minimum absolute atomic E-state index is 0.0288. The predicted octanol–water partition coefficient (Wildman–Crippen LogP) is 5.58. The molecule has 0 atom stereocenters. The molecular weight excluding hydrogens is 440 g/mol. The molecule has 0 N–H and O–H groups in total. The number of rotatable bonds is 2. The van der Waals surface area contributed by atoms with Gasteiger partial charge in [0.15, 0.2) is 11.6 Å². The first kappa shape index (κ1) is 23.5. The van der Waals surface area contributed by atoms with Crippen LogP contribution in [0.3, 0.4) is 0 Å². The Morgan fingerprint density at radius 2 is 0.778 bits per heavy atom. The zero-order valence-corrected chi connectivity index (χ0v) is 20.1. The summed E-state index contributed by atoms with van der Waals surface area (Å²) in [4.78, 5) is 22.2. The number of ketones is 2. The Morgan fingerprint density at radius 1 is 0.500 bits per heavy atom. The first-order valence-electron chi connectivity index (χ1n) is 12.1. The van der Waals surface area contributed by atoms with Crippen LogP contribution >= 0.6 is 0 Å². The largest absolute Gasteiger partial charge is 0.290 e. The minimum atomic E-state index is -0.167. The molecule has 0 amide bonds. The minimum Gasteiger partial charge on any atom is -0.290 e. The van der Waals surface area contributed by atoms with Crippen LogP contribution in [0.5, 0.6) is 0 Å². The molecule has 174 valence electrons. The second kappa shape index (κ2) is 8.17. The van der Waals surface area contributed by atoms with E-state index in [9.17, 15) is 9.59 Å². The monoisotopic (exact) mass is 466 g/mol. The molecule has 4 fully saturated rings. The Kier molecular flexibility index (Phi) is 5.33. The third-order valence-corrected chi connectivity index (χ3v) is 8.29. The highest BCUT2D eigenvalue weighted by molar-refractivity contribution is 6.12. The van der Waals surface area contributed by atoms with Crippen LogP contribution in [0.25, 0.3) is 11.1 Å². The zero-order chi connectivity index (χ0) is 25.6. The first-order valence-corrected chi connectivity index (χ1v) is 12.1. The van der Waals surface area contributed by atoms with Crippen LogP contribution in [0.4, 0.5) is 0 Å². The van der Waals surface area contributed by atoms with Crippen molar-refractivity contribution >= 4 is 22.7 Å². The molecule has 4 bridgehead atoms. The average molecular weight is 467 g/mol.